The number of rotatable bonds is 5. The van der Waals surface area contributed by atoms with Crippen LogP contribution in [0.1, 0.15) is 54.6 Å². The lowest BCUT2D eigenvalue weighted by Gasteiger charge is -2.16. The van der Waals surface area contributed by atoms with E-state index in [-0.39, 0.29) is 5.78 Å². The van der Waals surface area contributed by atoms with Gasteiger partial charge in [0.25, 0.3) is 0 Å². The van der Waals surface area contributed by atoms with Crippen LogP contribution < -0.4 is 5.32 Å². The van der Waals surface area contributed by atoms with Gasteiger partial charge < -0.3 is 5.32 Å². The molecule has 0 amide bonds. The highest BCUT2D eigenvalue weighted by Crippen LogP contribution is 2.22. The van der Waals surface area contributed by atoms with Gasteiger partial charge in [0.15, 0.2) is 5.78 Å². The predicted molar refractivity (Wildman–Crippen MR) is 75.2 cm³/mol. The lowest BCUT2D eigenvalue weighted by atomic mass is 9.90. The Morgan fingerprint density at radius 1 is 1.28 bits per heavy atom. The Morgan fingerprint density at radius 2 is 2.00 bits per heavy atom. The topological polar surface area (TPSA) is 29.1 Å². The Bertz CT molecular complexity index is 425. The molecule has 2 heteroatoms. The van der Waals surface area contributed by atoms with Crippen molar-refractivity contribution in [1.29, 1.82) is 0 Å². The third-order valence-electron chi connectivity index (χ3n) is 3.89. The highest BCUT2D eigenvalue weighted by atomic mass is 16.1. The summed E-state index contributed by atoms with van der Waals surface area (Å²) in [4.78, 5) is 12.1. The van der Waals surface area contributed by atoms with Crippen LogP contribution in [0.2, 0.25) is 0 Å². The third kappa shape index (κ3) is 3.20. The number of hydrogen-bond acceptors (Lipinski definition) is 2. The van der Waals surface area contributed by atoms with E-state index in [1.54, 1.807) is 0 Å². The van der Waals surface area contributed by atoms with Gasteiger partial charge in [-0.15, -0.1) is 0 Å². The second kappa shape index (κ2) is 6.14. The lowest BCUT2D eigenvalue weighted by Crippen LogP contribution is -2.31. The molecular weight excluding hydrogens is 222 g/mol. The molecule has 1 aliphatic rings. The van der Waals surface area contributed by atoms with Crippen molar-refractivity contribution in [2.45, 2.75) is 52.0 Å². The third-order valence-corrected chi connectivity index (χ3v) is 3.89. The van der Waals surface area contributed by atoms with Crippen molar-refractivity contribution >= 4 is 5.78 Å². The Hall–Kier alpha value is -1.15. The summed E-state index contributed by atoms with van der Waals surface area (Å²) in [6, 6.07) is 6.65. The fourth-order valence-electron chi connectivity index (χ4n) is 2.42. The Balaban J connectivity index is 2.02. The van der Waals surface area contributed by atoms with Crippen molar-refractivity contribution in [2.24, 2.45) is 0 Å². The van der Waals surface area contributed by atoms with E-state index in [1.807, 2.05) is 6.07 Å². The number of benzene rings is 1. The van der Waals surface area contributed by atoms with Crippen molar-refractivity contribution in [1.82, 2.24) is 5.32 Å². The monoisotopic (exact) mass is 245 g/mol. The molecule has 1 unspecified atom stereocenters. The SMILES string of the molecule is CCC(C)NCC(=O)c1ccc2c(c1)CCCC2. The fraction of sp³-hybridized carbons (Fsp3) is 0.562. The first-order chi connectivity index (χ1) is 8.70. The van der Waals surface area contributed by atoms with E-state index in [0.717, 1.165) is 18.4 Å². The van der Waals surface area contributed by atoms with Gasteiger partial charge in [-0.1, -0.05) is 19.1 Å². The molecule has 0 saturated carbocycles. The zero-order valence-corrected chi connectivity index (χ0v) is 11.5. The van der Waals surface area contributed by atoms with Gasteiger partial charge in [0.05, 0.1) is 6.54 Å². The second-order valence-electron chi connectivity index (χ2n) is 5.30. The molecule has 1 aromatic rings. The van der Waals surface area contributed by atoms with Gasteiger partial charge in [-0.3, -0.25) is 4.79 Å². The smallest absolute Gasteiger partial charge is 0.176 e. The van der Waals surface area contributed by atoms with Crippen LogP contribution in [0.4, 0.5) is 0 Å². The molecule has 0 aliphatic heterocycles. The van der Waals surface area contributed by atoms with Crippen LogP contribution >= 0.6 is 0 Å². The number of nitrogens with one attached hydrogen (secondary N) is 1. The van der Waals surface area contributed by atoms with Crippen molar-refractivity contribution in [3.05, 3.63) is 34.9 Å². The molecule has 0 spiro atoms. The molecule has 0 aromatic heterocycles. The summed E-state index contributed by atoms with van der Waals surface area (Å²) in [5.74, 6) is 0.212. The quantitative estimate of drug-likeness (QED) is 0.807. The number of fused-ring (bicyclic) bond motifs is 1. The molecule has 2 rings (SSSR count). The largest absolute Gasteiger partial charge is 0.307 e. The Morgan fingerprint density at radius 3 is 2.72 bits per heavy atom. The molecule has 18 heavy (non-hydrogen) atoms. The van der Waals surface area contributed by atoms with Gasteiger partial charge in [0, 0.05) is 11.6 Å². The van der Waals surface area contributed by atoms with Crippen LogP contribution in [0.25, 0.3) is 0 Å². The molecule has 1 atom stereocenters. The molecule has 0 heterocycles. The van der Waals surface area contributed by atoms with Gasteiger partial charge in [-0.05, 0) is 56.2 Å². The molecule has 98 valence electrons. The average Bonchev–Trinajstić information content (AvgIpc) is 2.43. The van der Waals surface area contributed by atoms with Crippen LogP contribution in [0, 0.1) is 0 Å². The van der Waals surface area contributed by atoms with Crippen molar-refractivity contribution in [3.8, 4) is 0 Å². The molecule has 1 N–H and O–H groups in total. The maximum Gasteiger partial charge on any atom is 0.176 e. The number of carbonyl (C=O) groups excluding carboxylic acids is 1. The maximum atomic E-state index is 12.1. The van der Waals surface area contributed by atoms with E-state index in [2.05, 4.69) is 31.3 Å². The van der Waals surface area contributed by atoms with Crippen molar-refractivity contribution in [2.75, 3.05) is 6.54 Å². The summed E-state index contributed by atoms with van der Waals surface area (Å²) in [5, 5.41) is 3.26. The Labute approximate surface area is 110 Å². The summed E-state index contributed by atoms with van der Waals surface area (Å²) in [7, 11) is 0. The first kappa shape index (κ1) is 13.3. The van der Waals surface area contributed by atoms with Crippen LogP contribution in [0.3, 0.4) is 0 Å². The Kier molecular flexibility index (Phi) is 4.54. The van der Waals surface area contributed by atoms with Gasteiger partial charge in [0.1, 0.15) is 0 Å². The number of aryl methyl sites for hydroxylation is 2. The molecule has 0 bridgehead atoms. The summed E-state index contributed by atoms with van der Waals surface area (Å²) in [6.45, 7) is 4.69. The normalized spacial score (nSPS) is 16.1. The number of Topliss-reactive ketones (excluding diaryl/α,β-unsaturated/α-hetero) is 1. The number of ketones is 1. The van der Waals surface area contributed by atoms with E-state index in [4.69, 9.17) is 0 Å². The van der Waals surface area contributed by atoms with E-state index in [0.29, 0.717) is 12.6 Å². The number of carbonyl (C=O) groups is 1. The highest BCUT2D eigenvalue weighted by Gasteiger charge is 2.13. The summed E-state index contributed by atoms with van der Waals surface area (Å²) in [6.07, 6.45) is 5.91. The molecular formula is C16H23NO. The molecule has 0 saturated heterocycles. The zero-order valence-electron chi connectivity index (χ0n) is 11.5. The van der Waals surface area contributed by atoms with Crippen LogP contribution in [0.5, 0.6) is 0 Å². The van der Waals surface area contributed by atoms with Gasteiger partial charge in [-0.2, -0.15) is 0 Å². The second-order valence-corrected chi connectivity index (χ2v) is 5.30. The van der Waals surface area contributed by atoms with Crippen LogP contribution in [-0.2, 0) is 12.8 Å². The maximum absolute atomic E-state index is 12.1. The van der Waals surface area contributed by atoms with Gasteiger partial charge >= 0.3 is 0 Å². The van der Waals surface area contributed by atoms with E-state index < -0.39 is 0 Å². The summed E-state index contributed by atoms with van der Waals surface area (Å²) >= 11 is 0. The van der Waals surface area contributed by atoms with Crippen LogP contribution in [-0.4, -0.2) is 18.4 Å². The molecule has 1 aliphatic carbocycles. The fourth-order valence-corrected chi connectivity index (χ4v) is 2.42. The minimum absolute atomic E-state index is 0.212. The van der Waals surface area contributed by atoms with E-state index >= 15 is 0 Å². The van der Waals surface area contributed by atoms with E-state index in [1.165, 1.54) is 30.4 Å². The molecule has 1 aromatic carbocycles. The molecule has 0 fully saturated rings. The molecule has 0 radical (unpaired) electrons. The molecule has 2 nitrogen and oxygen atoms in total. The van der Waals surface area contributed by atoms with Gasteiger partial charge in [-0.25, -0.2) is 0 Å². The average molecular weight is 245 g/mol. The summed E-state index contributed by atoms with van der Waals surface area (Å²) < 4.78 is 0. The minimum Gasteiger partial charge on any atom is -0.307 e. The predicted octanol–water partition coefficient (Wildman–Crippen LogP) is 3.14. The first-order valence-corrected chi connectivity index (χ1v) is 7.09. The van der Waals surface area contributed by atoms with E-state index in [9.17, 15) is 4.79 Å². The highest BCUT2D eigenvalue weighted by molar-refractivity contribution is 5.97. The van der Waals surface area contributed by atoms with Crippen molar-refractivity contribution in [3.63, 3.8) is 0 Å². The first-order valence-electron chi connectivity index (χ1n) is 7.09. The van der Waals surface area contributed by atoms with Gasteiger partial charge in [0.2, 0.25) is 0 Å². The standard InChI is InChI=1S/C16H23NO/c1-3-12(2)17-11-16(18)15-9-8-13-6-4-5-7-14(13)10-15/h8-10,12,17H,3-7,11H2,1-2H3. The minimum atomic E-state index is 0.212. The number of hydrogen-bond donors (Lipinski definition) is 1. The lowest BCUT2D eigenvalue weighted by molar-refractivity contribution is 0.0987. The summed E-state index contributed by atoms with van der Waals surface area (Å²) in [5.41, 5.74) is 3.69. The zero-order chi connectivity index (χ0) is 13.0. The van der Waals surface area contributed by atoms with Crippen molar-refractivity contribution < 1.29 is 4.79 Å². The van der Waals surface area contributed by atoms with Crippen LogP contribution in [0.15, 0.2) is 18.2 Å².